The fourth-order valence-corrected chi connectivity index (χ4v) is 3.56. The highest BCUT2D eigenvalue weighted by Crippen LogP contribution is 2.24. The molecule has 3 aromatic rings. The van der Waals surface area contributed by atoms with Crippen LogP contribution in [0.15, 0.2) is 47.4 Å². The predicted octanol–water partition coefficient (Wildman–Crippen LogP) is 3.43. The summed E-state index contributed by atoms with van der Waals surface area (Å²) in [6.07, 6.45) is 2.60. The number of hydrogen-bond acceptors (Lipinski definition) is 2. The quantitative estimate of drug-likeness (QED) is 0.787. The summed E-state index contributed by atoms with van der Waals surface area (Å²) < 4.78 is 2.02. The van der Waals surface area contributed by atoms with Crippen LogP contribution >= 0.6 is 0 Å². The van der Waals surface area contributed by atoms with Gasteiger partial charge in [-0.05, 0) is 55.2 Å². The summed E-state index contributed by atoms with van der Waals surface area (Å²) in [6.45, 7) is 4.77. The number of amides is 1. The second-order valence-corrected chi connectivity index (χ2v) is 6.46. The van der Waals surface area contributed by atoms with Gasteiger partial charge in [-0.3, -0.25) is 9.59 Å². The van der Waals surface area contributed by atoms with Crippen molar-refractivity contribution >= 4 is 22.5 Å². The van der Waals surface area contributed by atoms with Crippen LogP contribution in [0.3, 0.4) is 0 Å². The van der Waals surface area contributed by atoms with E-state index in [1.54, 1.807) is 12.3 Å². The highest BCUT2D eigenvalue weighted by atomic mass is 16.2. The summed E-state index contributed by atoms with van der Waals surface area (Å²) in [5.41, 5.74) is 4.99. The Morgan fingerprint density at radius 1 is 1.12 bits per heavy atom. The first-order valence-electron chi connectivity index (χ1n) is 8.07. The van der Waals surface area contributed by atoms with Gasteiger partial charge in [0.15, 0.2) is 0 Å². The number of rotatable bonds is 2. The van der Waals surface area contributed by atoms with Gasteiger partial charge in [0.2, 0.25) is 5.43 Å². The van der Waals surface area contributed by atoms with Crippen LogP contribution in [0.25, 0.3) is 10.9 Å². The number of anilines is 1. The minimum atomic E-state index is -0.354. The number of benzene rings is 2. The number of carbonyl (C=O) groups excluding carboxylic acids is 1. The summed E-state index contributed by atoms with van der Waals surface area (Å²) >= 11 is 0. The van der Waals surface area contributed by atoms with E-state index in [-0.39, 0.29) is 16.9 Å². The second-order valence-electron chi connectivity index (χ2n) is 6.46. The standard InChI is InChI=1S/C20H18N2O2/c1-12-8-13(2)10-15(9-12)21-20(24)17-11-22-7-6-14-4-3-5-16(18(14)22)19(17)23/h3-5,8-11H,6-7H2,1-2H3,(H,21,24). The van der Waals surface area contributed by atoms with Gasteiger partial charge in [-0.1, -0.05) is 18.2 Å². The first-order chi connectivity index (χ1) is 11.5. The molecule has 4 rings (SSSR count). The van der Waals surface area contributed by atoms with Crippen molar-refractivity contribution in [2.24, 2.45) is 0 Å². The number of pyridine rings is 1. The Morgan fingerprint density at radius 3 is 2.62 bits per heavy atom. The van der Waals surface area contributed by atoms with Gasteiger partial charge >= 0.3 is 0 Å². The molecule has 0 radical (unpaired) electrons. The lowest BCUT2D eigenvalue weighted by Gasteiger charge is -2.10. The zero-order valence-electron chi connectivity index (χ0n) is 13.7. The van der Waals surface area contributed by atoms with Crippen LogP contribution in [0.4, 0.5) is 5.69 Å². The number of aromatic nitrogens is 1. The Hall–Kier alpha value is -2.88. The molecular formula is C20H18N2O2. The summed E-state index contributed by atoms with van der Waals surface area (Å²) in [5.74, 6) is -0.354. The van der Waals surface area contributed by atoms with Gasteiger partial charge in [0, 0.05) is 23.8 Å². The monoisotopic (exact) mass is 318 g/mol. The lowest BCUT2D eigenvalue weighted by atomic mass is 10.1. The van der Waals surface area contributed by atoms with Gasteiger partial charge in [0.05, 0.1) is 5.52 Å². The van der Waals surface area contributed by atoms with Gasteiger partial charge in [-0.25, -0.2) is 0 Å². The highest BCUT2D eigenvalue weighted by molar-refractivity contribution is 6.06. The Balaban J connectivity index is 1.79. The minimum absolute atomic E-state index is 0.195. The van der Waals surface area contributed by atoms with E-state index in [2.05, 4.69) is 5.32 Å². The number of nitrogens with one attached hydrogen (secondary N) is 1. The van der Waals surface area contributed by atoms with Crippen molar-refractivity contribution in [1.29, 1.82) is 0 Å². The molecule has 0 bridgehead atoms. The van der Waals surface area contributed by atoms with Crippen LogP contribution in [0.1, 0.15) is 27.0 Å². The smallest absolute Gasteiger partial charge is 0.261 e. The Morgan fingerprint density at radius 2 is 1.88 bits per heavy atom. The van der Waals surface area contributed by atoms with E-state index in [0.29, 0.717) is 11.1 Å². The summed E-state index contributed by atoms with van der Waals surface area (Å²) in [7, 11) is 0. The Bertz CT molecular complexity index is 1030. The number of carbonyl (C=O) groups is 1. The number of hydrogen-bond donors (Lipinski definition) is 1. The van der Waals surface area contributed by atoms with Crippen molar-refractivity contribution < 1.29 is 4.79 Å². The van der Waals surface area contributed by atoms with Gasteiger partial charge in [0.25, 0.3) is 5.91 Å². The summed E-state index contributed by atoms with van der Waals surface area (Å²) in [5, 5.41) is 3.48. The van der Waals surface area contributed by atoms with E-state index >= 15 is 0 Å². The molecule has 1 amide bonds. The van der Waals surface area contributed by atoms with E-state index in [1.165, 1.54) is 5.56 Å². The molecule has 0 unspecified atom stereocenters. The zero-order valence-corrected chi connectivity index (χ0v) is 13.7. The van der Waals surface area contributed by atoms with Crippen molar-refractivity contribution in [1.82, 2.24) is 4.57 Å². The molecule has 0 atom stereocenters. The molecule has 2 heterocycles. The largest absolute Gasteiger partial charge is 0.346 e. The lowest BCUT2D eigenvalue weighted by molar-refractivity contribution is 0.102. The van der Waals surface area contributed by atoms with Crippen LogP contribution < -0.4 is 10.7 Å². The number of nitrogens with zero attached hydrogens (tertiary/aromatic N) is 1. The van der Waals surface area contributed by atoms with E-state index in [4.69, 9.17) is 0 Å². The third-order valence-corrected chi connectivity index (χ3v) is 4.53. The Kier molecular flexibility index (Phi) is 3.27. The maximum Gasteiger partial charge on any atom is 0.261 e. The topological polar surface area (TPSA) is 51.1 Å². The third kappa shape index (κ3) is 2.31. The molecule has 2 aromatic carbocycles. The molecule has 1 N–H and O–H groups in total. The molecule has 1 aliphatic heterocycles. The SMILES string of the molecule is Cc1cc(C)cc(NC(=O)c2cn3c4c(cccc4c2=O)CC3)c1. The Labute approximate surface area is 139 Å². The van der Waals surface area contributed by atoms with Gasteiger partial charge in [-0.15, -0.1) is 0 Å². The summed E-state index contributed by atoms with van der Waals surface area (Å²) in [4.78, 5) is 25.4. The third-order valence-electron chi connectivity index (χ3n) is 4.53. The number of aryl methyl sites for hydroxylation is 4. The first-order valence-corrected chi connectivity index (χ1v) is 8.07. The minimum Gasteiger partial charge on any atom is -0.346 e. The molecule has 120 valence electrons. The average Bonchev–Trinajstić information content (AvgIpc) is 2.94. The van der Waals surface area contributed by atoms with Crippen molar-refractivity contribution in [2.45, 2.75) is 26.8 Å². The van der Waals surface area contributed by atoms with Crippen LogP contribution in [-0.4, -0.2) is 10.5 Å². The molecule has 1 aliphatic rings. The van der Waals surface area contributed by atoms with Crippen molar-refractivity contribution in [3.63, 3.8) is 0 Å². The zero-order chi connectivity index (χ0) is 16.8. The summed E-state index contributed by atoms with van der Waals surface area (Å²) in [6, 6.07) is 11.6. The van der Waals surface area contributed by atoms with Crippen LogP contribution in [0, 0.1) is 13.8 Å². The molecule has 0 fully saturated rings. The molecule has 4 nitrogen and oxygen atoms in total. The van der Waals surface area contributed by atoms with Crippen molar-refractivity contribution in [3.05, 3.63) is 75.1 Å². The van der Waals surface area contributed by atoms with Gasteiger partial charge in [0.1, 0.15) is 5.56 Å². The molecule has 0 spiro atoms. The van der Waals surface area contributed by atoms with E-state index in [1.807, 2.05) is 48.7 Å². The molecule has 24 heavy (non-hydrogen) atoms. The normalized spacial score (nSPS) is 12.6. The van der Waals surface area contributed by atoms with E-state index in [0.717, 1.165) is 29.6 Å². The van der Waals surface area contributed by atoms with Crippen LogP contribution in [0.5, 0.6) is 0 Å². The fraction of sp³-hybridized carbons (Fsp3) is 0.200. The molecule has 0 aliphatic carbocycles. The van der Waals surface area contributed by atoms with E-state index in [9.17, 15) is 9.59 Å². The van der Waals surface area contributed by atoms with Gasteiger partial charge < -0.3 is 9.88 Å². The van der Waals surface area contributed by atoms with Crippen molar-refractivity contribution in [2.75, 3.05) is 5.32 Å². The molecule has 4 heteroatoms. The highest BCUT2D eigenvalue weighted by Gasteiger charge is 2.20. The van der Waals surface area contributed by atoms with Gasteiger partial charge in [-0.2, -0.15) is 0 Å². The van der Waals surface area contributed by atoms with Crippen molar-refractivity contribution in [3.8, 4) is 0 Å². The average molecular weight is 318 g/mol. The van der Waals surface area contributed by atoms with Crippen LogP contribution in [-0.2, 0) is 13.0 Å². The molecule has 1 aromatic heterocycles. The molecule has 0 saturated carbocycles. The fourth-order valence-electron chi connectivity index (χ4n) is 3.56. The number of para-hydroxylation sites is 1. The lowest BCUT2D eigenvalue weighted by Crippen LogP contribution is -2.23. The molecular weight excluding hydrogens is 300 g/mol. The maximum atomic E-state index is 12.8. The predicted molar refractivity (Wildman–Crippen MR) is 95.8 cm³/mol. The maximum absolute atomic E-state index is 12.8. The van der Waals surface area contributed by atoms with Crippen LogP contribution in [0.2, 0.25) is 0 Å². The first kappa shape index (κ1) is 14.7. The molecule has 0 saturated heterocycles. The second kappa shape index (κ2) is 5.34. The van der Waals surface area contributed by atoms with E-state index < -0.39 is 0 Å².